The number of H-pyrrole nitrogens is 2. The van der Waals surface area contributed by atoms with Crippen LogP contribution >= 0.6 is 8.17 Å². The van der Waals surface area contributed by atoms with E-state index in [0.717, 1.165) is 0 Å². The third-order valence-corrected chi connectivity index (χ3v) is 15.0. The number of carboxylic acids is 2. The minimum atomic E-state index is -4.76. The monoisotopic (exact) mass is 1140 g/mol. The van der Waals surface area contributed by atoms with Crippen LogP contribution in [0.3, 0.4) is 0 Å². The molecule has 25 heteroatoms. The van der Waals surface area contributed by atoms with Crippen molar-refractivity contribution < 1.29 is 57.8 Å². The van der Waals surface area contributed by atoms with E-state index in [9.17, 15) is 57.7 Å². The number of aromatic amines is 2. The number of nitrogens with one attached hydrogen (secondary N) is 4. The molecule has 0 aliphatic rings. The molecule has 0 fully saturated rings. The molecule has 0 bridgehead atoms. The van der Waals surface area contributed by atoms with Crippen LogP contribution in [-0.4, -0.2) is 110 Å². The number of ketones is 2. The fourth-order valence-corrected chi connectivity index (χ4v) is 11.0. The maximum absolute atomic E-state index is 14.3. The number of hydrogen-bond donors (Lipinski definition) is 8. The van der Waals surface area contributed by atoms with Crippen LogP contribution in [0.1, 0.15) is 63.9 Å². The number of carboxylic acid groups (broad SMARTS) is 2. The van der Waals surface area contributed by atoms with Crippen molar-refractivity contribution in [3.63, 3.8) is 0 Å². The summed E-state index contributed by atoms with van der Waals surface area (Å²) in [6.07, 6.45) is 3.40. The van der Waals surface area contributed by atoms with E-state index in [2.05, 4.69) is 20.6 Å². The first kappa shape index (κ1) is 56.1. The van der Waals surface area contributed by atoms with Gasteiger partial charge in [-0.3, -0.25) is 28.8 Å². The molecule has 4 aromatic carbocycles. The van der Waals surface area contributed by atoms with Crippen molar-refractivity contribution >= 4 is 76.3 Å². The number of fused-ring (bicyclic) bond motifs is 4. The number of hydrogen-bond acceptors (Lipinski definition) is 14. The first-order chi connectivity index (χ1) is 39.7. The van der Waals surface area contributed by atoms with Gasteiger partial charge >= 0.3 is 295 Å². The van der Waals surface area contributed by atoms with Crippen LogP contribution in [-0.2, 0) is 31.7 Å². The fraction of sp³-hybridized carbons (Fsp3) is 0.138. The van der Waals surface area contributed by atoms with Crippen molar-refractivity contribution in [2.45, 2.75) is 26.9 Å². The molecule has 0 saturated heterocycles. The predicted octanol–water partition coefficient (Wildman–Crippen LogP) is 4.37. The van der Waals surface area contributed by atoms with Gasteiger partial charge < -0.3 is 20.2 Å². The van der Waals surface area contributed by atoms with E-state index in [1.54, 1.807) is 120 Å². The van der Waals surface area contributed by atoms with Crippen molar-refractivity contribution in [3.8, 4) is 22.3 Å². The Kier molecular flexibility index (Phi) is 15.3. The van der Waals surface area contributed by atoms with Gasteiger partial charge in [-0.15, -0.1) is 0 Å². The van der Waals surface area contributed by atoms with Crippen molar-refractivity contribution in [1.82, 2.24) is 38.5 Å². The summed E-state index contributed by atoms with van der Waals surface area (Å²) in [7, 11) is -4.76. The molecule has 83 heavy (non-hydrogen) atoms. The third-order valence-electron chi connectivity index (χ3n) is 13.9. The van der Waals surface area contributed by atoms with E-state index >= 15 is 0 Å². The number of benzene rings is 4. The zero-order valence-electron chi connectivity index (χ0n) is 43.9. The standard InChI is InChI=1S/C58H49N8O16P/c1-31-47(43-13-3-5-21-63(43)49(31)51(71)35-15-17-39-41(27-35)61-57(77)65(55(39)75)29-45(67)68)33-9-7-11-37(25-33)53(73)59-19-23-81-83(79,80)82-24-20-60-54(74)38-12-8-10-34(26-38)48-32(2)50(64-22-6-4-14-44(48)64)52(72)36-16-18-40-42(28-36)62-58(78)66(56(40)76)30-46(69)70/h3-18,21-22,25-28,79-80,83H,19-20,23-24,29-30H2,1-2H3,(H,59,73)(H,60,74)(H,61,77)(H,62,78)(H,67,68)(H,69,70). The average molecular weight is 1150 g/mol. The van der Waals surface area contributed by atoms with Crippen LogP contribution in [0.4, 0.5) is 0 Å². The summed E-state index contributed by atoms with van der Waals surface area (Å²) in [6, 6.07) is 32.2. The van der Waals surface area contributed by atoms with Gasteiger partial charge in [0.15, 0.2) is 0 Å². The van der Waals surface area contributed by atoms with Crippen LogP contribution in [0.5, 0.6) is 0 Å². The van der Waals surface area contributed by atoms with Gasteiger partial charge in [-0.2, -0.15) is 0 Å². The van der Waals surface area contributed by atoms with Gasteiger partial charge in [-0.05, 0) is 36.4 Å². The van der Waals surface area contributed by atoms with E-state index < -0.39 is 79.1 Å². The molecule has 10 aromatic rings. The average Bonchev–Trinajstić information content (AvgIpc) is 2.86. The first-order valence-electron chi connectivity index (χ1n) is 25.5. The number of rotatable bonds is 20. The van der Waals surface area contributed by atoms with Gasteiger partial charge in [0.1, 0.15) is 13.1 Å². The summed E-state index contributed by atoms with van der Waals surface area (Å²) < 4.78 is 14.9. The second-order valence-corrected chi connectivity index (χ2v) is 20.8. The van der Waals surface area contributed by atoms with Gasteiger partial charge in [0.25, 0.3) is 11.1 Å². The molecule has 0 aliphatic heterocycles. The summed E-state index contributed by atoms with van der Waals surface area (Å²) in [4.78, 5) is 155. The van der Waals surface area contributed by atoms with Crippen LogP contribution in [0.15, 0.2) is 153 Å². The van der Waals surface area contributed by atoms with Gasteiger partial charge in [0, 0.05) is 11.1 Å². The van der Waals surface area contributed by atoms with E-state index in [1.165, 1.54) is 36.4 Å². The number of aromatic nitrogens is 6. The van der Waals surface area contributed by atoms with Crippen LogP contribution in [0.2, 0.25) is 0 Å². The topological polar surface area (TPSA) is 344 Å². The fourth-order valence-electron chi connectivity index (χ4n) is 10.2. The molecule has 2 amide bonds. The molecule has 24 nitrogen and oxygen atoms in total. The second-order valence-electron chi connectivity index (χ2n) is 19.1. The Labute approximate surface area is 466 Å². The summed E-state index contributed by atoms with van der Waals surface area (Å²) in [5.41, 5.74) is 2.72. The Bertz CT molecular complexity index is 4340. The Morgan fingerprint density at radius 2 is 0.928 bits per heavy atom. The van der Waals surface area contributed by atoms with E-state index in [-0.39, 0.29) is 81.8 Å². The zero-order chi connectivity index (χ0) is 59.0. The Hall–Kier alpha value is -10.2. The summed E-state index contributed by atoms with van der Waals surface area (Å²) in [5, 5.41) is 23.7. The summed E-state index contributed by atoms with van der Waals surface area (Å²) in [5.74, 6) is -4.69. The molecular formula is C58H49N8O16P. The minimum absolute atomic E-state index is 0.0169. The van der Waals surface area contributed by atoms with Gasteiger partial charge in [-0.1, -0.05) is 12.1 Å². The van der Waals surface area contributed by atoms with Crippen molar-refractivity contribution in [3.05, 3.63) is 220 Å². The Balaban J connectivity index is 0.747. The summed E-state index contributed by atoms with van der Waals surface area (Å²) >= 11 is 0. The molecule has 422 valence electrons. The zero-order valence-corrected chi connectivity index (χ0v) is 44.9. The van der Waals surface area contributed by atoms with Crippen molar-refractivity contribution in [2.24, 2.45) is 0 Å². The molecule has 6 heterocycles. The second kappa shape index (κ2) is 22.7. The van der Waals surface area contributed by atoms with Crippen LogP contribution < -0.4 is 33.1 Å². The molecule has 10 rings (SSSR count). The number of carbonyl (C=O) groups is 6. The number of pyridine rings is 2. The molecular weight excluding hydrogens is 1100 g/mol. The third kappa shape index (κ3) is 11.1. The Morgan fingerprint density at radius 1 is 0.518 bits per heavy atom. The van der Waals surface area contributed by atoms with Gasteiger partial charge in [0.2, 0.25) is 0 Å². The number of carbonyl (C=O) groups excluding carboxylic acids is 4. The predicted molar refractivity (Wildman–Crippen MR) is 304 cm³/mol. The number of amides is 2. The maximum atomic E-state index is 14.3. The SMILES string of the molecule is Cc1c(-c2cccc(C(=O)NCCO[PH](O)(O)OCCNC(=O)c3cccc(-c4c(C)c(C(=O)c5ccc6c(=O)n(CC(=O)O)c(=O)[nH]c6c5)n5ccccc45)c3)c2)c2ccccn2c1C(=O)c1ccc2c(=O)n(CC(=O)O)c(=O)[nH]c2c1. The van der Waals surface area contributed by atoms with Crippen molar-refractivity contribution in [1.29, 1.82) is 0 Å². The normalized spacial score (nSPS) is 11.8. The molecule has 0 unspecified atom stereocenters. The summed E-state index contributed by atoms with van der Waals surface area (Å²) in [6.45, 7) is 0.780. The minimum Gasteiger partial charge on any atom is -0.480 e. The Morgan fingerprint density at radius 3 is 1.33 bits per heavy atom. The smallest absolute Gasteiger partial charge is 0.480 e. The molecule has 0 aliphatic carbocycles. The van der Waals surface area contributed by atoms with Crippen LogP contribution in [0.25, 0.3) is 55.1 Å². The van der Waals surface area contributed by atoms with E-state index in [1.807, 2.05) is 0 Å². The van der Waals surface area contributed by atoms with Crippen LogP contribution in [0, 0.1) is 13.8 Å². The molecule has 0 radical (unpaired) electrons. The first-order valence-corrected chi connectivity index (χ1v) is 27.2. The number of nitrogens with zero attached hydrogens (tertiary/aromatic N) is 4. The molecule has 0 saturated carbocycles. The molecule has 0 atom stereocenters. The molecule has 6 aromatic heterocycles. The van der Waals surface area contributed by atoms with E-state index in [4.69, 9.17) is 19.3 Å². The van der Waals surface area contributed by atoms with Gasteiger partial charge in [0.05, 0.1) is 21.8 Å². The quantitative estimate of drug-likeness (QED) is 0.0298. The molecule has 8 N–H and O–H groups in total. The van der Waals surface area contributed by atoms with Gasteiger partial charge in [-0.25, -0.2) is 18.7 Å². The molecule has 0 spiro atoms. The van der Waals surface area contributed by atoms with Crippen molar-refractivity contribution in [2.75, 3.05) is 26.3 Å². The number of aliphatic carboxylic acids is 2. The van der Waals surface area contributed by atoms with E-state index in [0.29, 0.717) is 53.5 Å².